The summed E-state index contributed by atoms with van der Waals surface area (Å²) in [5.41, 5.74) is 7.07. The van der Waals surface area contributed by atoms with Crippen LogP contribution in [-0.2, 0) is 10.2 Å². The number of fused-ring (bicyclic) bond motifs is 2. The summed E-state index contributed by atoms with van der Waals surface area (Å²) in [7, 11) is -3.61. The number of aliphatic hydroxyl groups is 1. The Kier molecular flexibility index (Phi) is 6.87. The molecule has 1 atom stereocenters. The van der Waals surface area contributed by atoms with Gasteiger partial charge in [0.15, 0.2) is 11.6 Å². The smallest absolute Gasteiger partial charge is 0.180 e. The van der Waals surface area contributed by atoms with Crippen LogP contribution in [0, 0.1) is 5.92 Å². The lowest BCUT2D eigenvalue weighted by Gasteiger charge is -2.40. The van der Waals surface area contributed by atoms with E-state index in [0.717, 1.165) is 12.0 Å². The summed E-state index contributed by atoms with van der Waals surface area (Å²) >= 11 is 0. The molecule has 2 aromatic carbocycles. The van der Waals surface area contributed by atoms with E-state index < -0.39 is 16.2 Å². The highest BCUT2D eigenvalue weighted by atomic mass is 35.5. The van der Waals surface area contributed by atoms with Crippen LogP contribution in [0.2, 0.25) is 0 Å². The third-order valence-electron chi connectivity index (χ3n) is 6.36. The van der Waals surface area contributed by atoms with Crippen LogP contribution in [0.3, 0.4) is 0 Å². The molecule has 0 aromatic heterocycles. The van der Waals surface area contributed by atoms with Gasteiger partial charge in [-0.2, -0.15) is 0 Å². The molecule has 4 rings (SSSR count). The van der Waals surface area contributed by atoms with Crippen molar-refractivity contribution in [3.8, 4) is 0 Å². The Morgan fingerprint density at radius 1 is 1.18 bits per heavy atom. The van der Waals surface area contributed by atoms with E-state index in [9.17, 15) is 19.0 Å². The highest BCUT2D eigenvalue weighted by Crippen LogP contribution is 2.57. The van der Waals surface area contributed by atoms with Crippen molar-refractivity contribution in [2.75, 3.05) is 11.1 Å². The van der Waals surface area contributed by atoms with Crippen molar-refractivity contribution >= 4 is 51.9 Å². The number of hydrogen-bond donors (Lipinski definition) is 5. The summed E-state index contributed by atoms with van der Waals surface area (Å²) in [6.45, 7) is 6.19. The molecule has 7 nitrogen and oxygen atoms in total. The minimum absolute atomic E-state index is 0. The van der Waals surface area contributed by atoms with Crippen LogP contribution in [0.1, 0.15) is 51.2 Å². The summed E-state index contributed by atoms with van der Waals surface area (Å²) in [6.07, 6.45) is 1.99. The normalized spacial score (nSPS) is 22.0. The zero-order valence-electron chi connectivity index (χ0n) is 18.8. The molecule has 0 radical (unpaired) electrons. The Hall–Kier alpha value is -2.52. The number of aliphatic hydroxyl groups excluding tert-OH is 1. The van der Waals surface area contributed by atoms with Gasteiger partial charge in [0.25, 0.3) is 0 Å². The quantitative estimate of drug-likeness (QED) is 0.318. The fraction of sp³-hybridized carbons (Fsp3) is 0.333. The van der Waals surface area contributed by atoms with Crippen LogP contribution < -0.4 is 11.1 Å². The van der Waals surface area contributed by atoms with Gasteiger partial charge in [0.2, 0.25) is 0 Å². The van der Waals surface area contributed by atoms with E-state index >= 15 is 0 Å². The Labute approximate surface area is 201 Å². The second kappa shape index (κ2) is 9.02. The molecule has 1 heterocycles. The molecule has 2 aromatic rings. The first kappa shape index (κ1) is 25.1. The van der Waals surface area contributed by atoms with Gasteiger partial charge in [0.1, 0.15) is 16.2 Å². The topological polar surface area (TPSA) is 128 Å². The number of Topliss-reactive ketones (excluding diaryl/α,β-unsaturated/α-hetero) is 1. The first-order valence-corrected chi connectivity index (χ1v) is 12.2. The molecule has 1 aliphatic heterocycles. The van der Waals surface area contributed by atoms with E-state index in [4.69, 9.17) is 5.73 Å². The maximum Gasteiger partial charge on any atom is 0.180 e. The number of rotatable bonds is 5. The number of nitrogen functional groups attached to an aromatic ring is 1. The van der Waals surface area contributed by atoms with Crippen LogP contribution in [0.5, 0.6) is 0 Å². The van der Waals surface area contributed by atoms with Crippen LogP contribution in [0.15, 0.2) is 57.3 Å². The van der Waals surface area contributed by atoms with E-state index in [0.29, 0.717) is 35.7 Å². The SMILES string of the molecule is CCC1(CCC(C)C)C(=O)C(C2=NS(O)(O)c3cc(N)ccc3N2)=C(O)c2ccccc21.Cl. The molecule has 0 amide bonds. The second-order valence-electron chi connectivity index (χ2n) is 8.81. The fourth-order valence-corrected chi connectivity index (χ4v) is 5.74. The van der Waals surface area contributed by atoms with Crippen LogP contribution in [0.4, 0.5) is 11.4 Å². The monoisotopic (exact) mass is 491 g/mol. The number of carbonyl (C=O) groups is 1. The number of nitrogens with one attached hydrogen (secondary N) is 1. The summed E-state index contributed by atoms with van der Waals surface area (Å²) < 4.78 is 25.5. The molecular weight excluding hydrogens is 462 g/mol. The lowest BCUT2D eigenvalue weighted by Crippen LogP contribution is -2.44. The largest absolute Gasteiger partial charge is 0.506 e. The first-order chi connectivity index (χ1) is 15.1. The Balaban J connectivity index is 0.00000306. The predicted molar refractivity (Wildman–Crippen MR) is 137 cm³/mol. The van der Waals surface area contributed by atoms with Crippen LogP contribution >= 0.6 is 23.2 Å². The number of halogens is 1. The molecule has 0 fully saturated rings. The van der Waals surface area contributed by atoms with Crippen molar-refractivity contribution in [2.45, 2.75) is 50.3 Å². The maximum atomic E-state index is 14.0. The summed E-state index contributed by atoms with van der Waals surface area (Å²) in [5, 5.41) is 14.2. The lowest BCUT2D eigenvalue weighted by atomic mass is 9.64. The summed E-state index contributed by atoms with van der Waals surface area (Å²) in [5.74, 6) is -0.116. The van der Waals surface area contributed by atoms with Gasteiger partial charge in [-0.25, -0.2) is 0 Å². The molecule has 6 N–H and O–H groups in total. The molecule has 1 aliphatic carbocycles. The van der Waals surface area contributed by atoms with E-state index in [1.807, 2.05) is 25.1 Å². The van der Waals surface area contributed by atoms with Gasteiger partial charge in [-0.1, -0.05) is 55.8 Å². The molecule has 9 heteroatoms. The van der Waals surface area contributed by atoms with Gasteiger partial charge < -0.3 is 16.2 Å². The number of nitrogens with zero attached hydrogens (tertiary/aromatic N) is 1. The molecule has 0 bridgehead atoms. The van der Waals surface area contributed by atoms with Gasteiger partial charge in [-0.15, -0.1) is 16.8 Å². The minimum atomic E-state index is -3.61. The standard InChI is InChI=1S/C24H29N3O4S.ClH/c1-4-24(12-11-14(2)3)17-8-6-5-7-16(17)21(28)20(22(24)29)23-26-18-10-9-15(25)13-19(18)32(30,31)27-23;/h5-10,13-14,28,30-31H,4,11-12,25H2,1-3H3,(H,26,27);1H. The molecule has 0 spiro atoms. The van der Waals surface area contributed by atoms with Crippen molar-refractivity contribution in [1.82, 2.24) is 0 Å². The maximum absolute atomic E-state index is 14.0. The van der Waals surface area contributed by atoms with Crippen molar-refractivity contribution in [3.05, 3.63) is 59.2 Å². The van der Waals surface area contributed by atoms with Crippen molar-refractivity contribution in [1.29, 1.82) is 0 Å². The van der Waals surface area contributed by atoms with Gasteiger partial charge in [0, 0.05) is 11.3 Å². The summed E-state index contributed by atoms with van der Waals surface area (Å²) in [6, 6.07) is 12.0. The highest BCUT2D eigenvalue weighted by molar-refractivity contribution is 8.23. The van der Waals surface area contributed by atoms with E-state index in [2.05, 4.69) is 23.6 Å². The Morgan fingerprint density at radius 2 is 1.88 bits per heavy atom. The van der Waals surface area contributed by atoms with Gasteiger partial charge in [0.05, 0.1) is 11.1 Å². The zero-order valence-corrected chi connectivity index (χ0v) is 20.5. The average Bonchev–Trinajstić information content (AvgIpc) is 2.74. The first-order valence-electron chi connectivity index (χ1n) is 10.7. The van der Waals surface area contributed by atoms with Gasteiger partial charge >= 0.3 is 0 Å². The summed E-state index contributed by atoms with van der Waals surface area (Å²) in [4.78, 5) is 14.2. The third kappa shape index (κ3) is 4.12. The molecule has 178 valence electrons. The lowest BCUT2D eigenvalue weighted by molar-refractivity contribution is -0.121. The number of hydrogen-bond acceptors (Lipinski definition) is 7. The predicted octanol–water partition coefficient (Wildman–Crippen LogP) is 6.18. The van der Waals surface area contributed by atoms with Crippen LogP contribution in [0.25, 0.3) is 5.76 Å². The average molecular weight is 492 g/mol. The van der Waals surface area contributed by atoms with E-state index in [1.165, 1.54) is 6.07 Å². The highest BCUT2D eigenvalue weighted by Gasteiger charge is 2.48. The molecule has 2 aliphatic rings. The van der Waals surface area contributed by atoms with E-state index in [1.54, 1.807) is 18.2 Å². The number of amidine groups is 1. The number of ketones is 1. The van der Waals surface area contributed by atoms with E-state index in [-0.39, 0.29) is 40.3 Å². The van der Waals surface area contributed by atoms with Crippen LogP contribution in [-0.4, -0.2) is 25.8 Å². The number of carbonyl (C=O) groups excluding carboxylic acids is 1. The Bertz CT molecular complexity index is 1160. The molecule has 0 saturated carbocycles. The minimum Gasteiger partial charge on any atom is -0.506 e. The Morgan fingerprint density at radius 3 is 2.55 bits per heavy atom. The number of nitrogens with two attached hydrogens (primary N) is 1. The fourth-order valence-electron chi connectivity index (χ4n) is 4.55. The van der Waals surface area contributed by atoms with Gasteiger partial charge in [-0.3, -0.25) is 13.9 Å². The van der Waals surface area contributed by atoms with Crippen molar-refractivity contribution in [2.24, 2.45) is 10.3 Å². The number of anilines is 2. The zero-order chi connectivity index (χ0) is 23.3. The molecule has 1 unspecified atom stereocenters. The second-order valence-corrected chi connectivity index (χ2v) is 10.5. The van der Waals surface area contributed by atoms with Crippen molar-refractivity contribution in [3.63, 3.8) is 0 Å². The number of benzene rings is 2. The van der Waals surface area contributed by atoms with Gasteiger partial charge in [-0.05, 0) is 48.9 Å². The van der Waals surface area contributed by atoms with Crippen molar-refractivity contribution < 1.29 is 19.0 Å². The molecule has 33 heavy (non-hydrogen) atoms. The third-order valence-corrected chi connectivity index (χ3v) is 7.72. The molecule has 0 saturated heterocycles. The molecular formula is C24H30ClN3O4S.